The van der Waals surface area contributed by atoms with Gasteiger partial charge in [-0.15, -0.1) is 0 Å². The smallest absolute Gasteiger partial charge is 0.151 e. The Morgan fingerprint density at radius 1 is 1.38 bits per heavy atom. The molecule has 0 aliphatic carbocycles. The lowest BCUT2D eigenvalue weighted by Gasteiger charge is -2.21. The molecule has 0 saturated carbocycles. The molecule has 0 bridgehead atoms. The summed E-state index contributed by atoms with van der Waals surface area (Å²) in [7, 11) is -2.83. The lowest BCUT2D eigenvalue weighted by atomic mass is 10.2. The summed E-state index contributed by atoms with van der Waals surface area (Å²) in [5, 5.41) is -0.130. The van der Waals surface area contributed by atoms with Crippen molar-refractivity contribution < 1.29 is 8.42 Å². The molecule has 1 saturated heterocycles. The lowest BCUT2D eigenvalue weighted by Crippen LogP contribution is -2.34. The van der Waals surface area contributed by atoms with E-state index in [-0.39, 0.29) is 5.25 Å². The van der Waals surface area contributed by atoms with Gasteiger partial charge in [0.25, 0.3) is 0 Å². The van der Waals surface area contributed by atoms with Crippen LogP contribution in [0.4, 0.5) is 0 Å². The predicted octanol–water partition coefficient (Wildman–Crippen LogP) is 0.905. The first kappa shape index (κ1) is 11.0. The van der Waals surface area contributed by atoms with Crippen molar-refractivity contribution in [1.29, 1.82) is 0 Å². The Balaban J connectivity index is 2.65. The van der Waals surface area contributed by atoms with E-state index in [1.807, 2.05) is 0 Å². The second kappa shape index (κ2) is 4.42. The van der Waals surface area contributed by atoms with E-state index in [1.165, 1.54) is 6.26 Å². The monoisotopic (exact) mass is 205 g/mol. The van der Waals surface area contributed by atoms with E-state index in [9.17, 15) is 8.42 Å². The summed E-state index contributed by atoms with van der Waals surface area (Å²) < 4.78 is 22.7. The SMILES string of the molecule is CCN1CCCCC(S(C)(=O)=O)C1. The average Bonchev–Trinajstić information content (AvgIpc) is 2.27. The predicted molar refractivity (Wildman–Crippen MR) is 54.6 cm³/mol. The summed E-state index contributed by atoms with van der Waals surface area (Å²) in [6, 6.07) is 0. The first-order valence-electron chi connectivity index (χ1n) is 4.95. The van der Waals surface area contributed by atoms with Crippen LogP contribution in [-0.4, -0.2) is 44.5 Å². The summed E-state index contributed by atoms with van der Waals surface area (Å²) in [6.07, 6.45) is 4.39. The van der Waals surface area contributed by atoms with Crippen molar-refractivity contribution in [3.8, 4) is 0 Å². The molecule has 1 unspecified atom stereocenters. The van der Waals surface area contributed by atoms with Gasteiger partial charge in [0, 0.05) is 12.8 Å². The second-order valence-electron chi connectivity index (χ2n) is 3.84. The number of hydrogen-bond donors (Lipinski definition) is 0. The highest BCUT2D eigenvalue weighted by atomic mass is 32.2. The molecule has 3 nitrogen and oxygen atoms in total. The van der Waals surface area contributed by atoms with Gasteiger partial charge in [-0.1, -0.05) is 13.3 Å². The van der Waals surface area contributed by atoms with Crippen LogP contribution in [0.15, 0.2) is 0 Å². The van der Waals surface area contributed by atoms with Crippen molar-refractivity contribution in [2.75, 3.05) is 25.9 Å². The Morgan fingerprint density at radius 2 is 2.08 bits per heavy atom. The highest BCUT2D eigenvalue weighted by Gasteiger charge is 2.24. The second-order valence-corrected chi connectivity index (χ2v) is 6.17. The van der Waals surface area contributed by atoms with Crippen LogP contribution in [0.25, 0.3) is 0 Å². The van der Waals surface area contributed by atoms with Gasteiger partial charge < -0.3 is 4.90 Å². The van der Waals surface area contributed by atoms with Gasteiger partial charge in [-0.3, -0.25) is 0 Å². The van der Waals surface area contributed by atoms with Crippen molar-refractivity contribution in [3.63, 3.8) is 0 Å². The molecular formula is C9H19NO2S. The minimum atomic E-state index is -2.83. The highest BCUT2D eigenvalue weighted by Crippen LogP contribution is 2.15. The number of likely N-dealkylation sites (tertiary alicyclic amines) is 1. The fourth-order valence-corrected chi connectivity index (χ4v) is 2.89. The Bertz CT molecular complexity index is 248. The van der Waals surface area contributed by atoms with E-state index in [4.69, 9.17) is 0 Å². The molecular weight excluding hydrogens is 186 g/mol. The summed E-state index contributed by atoms with van der Waals surface area (Å²) in [5.41, 5.74) is 0. The van der Waals surface area contributed by atoms with Crippen LogP contribution in [-0.2, 0) is 9.84 Å². The third-order valence-electron chi connectivity index (χ3n) is 2.76. The van der Waals surface area contributed by atoms with Crippen molar-refractivity contribution in [2.45, 2.75) is 31.4 Å². The standard InChI is InChI=1S/C9H19NO2S/c1-3-10-7-5-4-6-9(8-10)13(2,11)12/h9H,3-8H2,1-2H3. The third-order valence-corrected chi connectivity index (χ3v) is 4.36. The maximum atomic E-state index is 11.4. The molecule has 13 heavy (non-hydrogen) atoms. The molecule has 1 fully saturated rings. The van der Waals surface area contributed by atoms with Gasteiger partial charge in [-0.05, 0) is 25.9 Å². The fourth-order valence-electron chi connectivity index (χ4n) is 1.81. The lowest BCUT2D eigenvalue weighted by molar-refractivity contribution is 0.301. The molecule has 0 radical (unpaired) electrons. The third kappa shape index (κ3) is 3.27. The molecule has 1 atom stereocenters. The van der Waals surface area contributed by atoms with Crippen molar-refractivity contribution >= 4 is 9.84 Å². The molecule has 4 heteroatoms. The molecule has 1 rings (SSSR count). The summed E-state index contributed by atoms with van der Waals surface area (Å²) in [4.78, 5) is 2.23. The van der Waals surface area contributed by atoms with E-state index in [0.717, 1.165) is 38.9 Å². The zero-order valence-corrected chi connectivity index (χ0v) is 9.31. The molecule has 0 aromatic rings. The Hall–Kier alpha value is -0.0900. The number of hydrogen-bond acceptors (Lipinski definition) is 3. The van der Waals surface area contributed by atoms with Crippen LogP contribution in [0.5, 0.6) is 0 Å². The Labute approximate surface area is 81.0 Å². The molecule has 1 heterocycles. The molecule has 0 N–H and O–H groups in total. The summed E-state index contributed by atoms with van der Waals surface area (Å²) in [5.74, 6) is 0. The number of sulfone groups is 1. The van der Waals surface area contributed by atoms with E-state index in [1.54, 1.807) is 0 Å². The van der Waals surface area contributed by atoms with E-state index < -0.39 is 9.84 Å². The van der Waals surface area contributed by atoms with Crippen molar-refractivity contribution in [1.82, 2.24) is 4.90 Å². The molecule has 0 aromatic heterocycles. The maximum Gasteiger partial charge on any atom is 0.151 e. The van der Waals surface area contributed by atoms with Crippen LogP contribution in [0.3, 0.4) is 0 Å². The van der Waals surface area contributed by atoms with Crippen LogP contribution in [0, 0.1) is 0 Å². The van der Waals surface area contributed by atoms with Gasteiger partial charge in [0.1, 0.15) is 0 Å². The largest absolute Gasteiger partial charge is 0.302 e. The first-order valence-corrected chi connectivity index (χ1v) is 6.90. The summed E-state index contributed by atoms with van der Waals surface area (Å²) >= 11 is 0. The number of rotatable bonds is 2. The number of nitrogens with zero attached hydrogens (tertiary/aromatic N) is 1. The van der Waals surface area contributed by atoms with E-state index >= 15 is 0 Å². The van der Waals surface area contributed by atoms with E-state index in [2.05, 4.69) is 11.8 Å². The molecule has 1 aliphatic rings. The van der Waals surface area contributed by atoms with Gasteiger partial charge in [0.05, 0.1) is 5.25 Å². The molecule has 1 aliphatic heterocycles. The average molecular weight is 205 g/mol. The fraction of sp³-hybridized carbons (Fsp3) is 1.00. The molecule has 0 spiro atoms. The van der Waals surface area contributed by atoms with E-state index in [0.29, 0.717) is 0 Å². The maximum absolute atomic E-state index is 11.4. The van der Waals surface area contributed by atoms with Gasteiger partial charge in [0.15, 0.2) is 9.84 Å². The van der Waals surface area contributed by atoms with Crippen LogP contribution in [0.2, 0.25) is 0 Å². The molecule has 78 valence electrons. The minimum Gasteiger partial charge on any atom is -0.302 e. The van der Waals surface area contributed by atoms with Crippen LogP contribution >= 0.6 is 0 Å². The van der Waals surface area contributed by atoms with Gasteiger partial charge >= 0.3 is 0 Å². The highest BCUT2D eigenvalue weighted by molar-refractivity contribution is 7.91. The summed E-state index contributed by atoms with van der Waals surface area (Å²) in [6.45, 7) is 4.84. The van der Waals surface area contributed by atoms with Crippen molar-refractivity contribution in [2.24, 2.45) is 0 Å². The van der Waals surface area contributed by atoms with Crippen LogP contribution < -0.4 is 0 Å². The molecule has 0 amide bonds. The normalized spacial score (nSPS) is 27.1. The zero-order chi connectivity index (χ0) is 9.90. The van der Waals surface area contributed by atoms with Gasteiger partial charge in [-0.25, -0.2) is 8.42 Å². The van der Waals surface area contributed by atoms with Crippen molar-refractivity contribution in [3.05, 3.63) is 0 Å². The quantitative estimate of drug-likeness (QED) is 0.672. The van der Waals surface area contributed by atoms with Gasteiger partial charge in [0.2, 0.25) is 0 Å². The Kier molecular flexibility index (Phi) is 3.74. The Morgan fingerprint density at radius 3 is 2.62 bits per heavy atom. The first-order chi connectivity index (χ1) is 6.04. The molecule has 0 aromatic carbocycles. The van der Waals surface area contributed by atoms with Gasteiger partial charge in [-0.2, -0.15) is 0 Å². The minimum absolute atomic E-state index is 0.130. The zero-order valence-electron chi connectivity index (χ0n) is 8.49. The van der Waals surface area contributed by atoms with Crippen LogP contribution in [0.1, 0.15) is 26.2 Å². The topological polar surface area (TPSA) is 37.4 Å².